The predicted molar refractivity (Wildman–Crippen MR) is 40.9 cm³/mol. The average Bonchev–Trinajstić information content (AvgIpc) is 2.65. The zero-order valence-electron chi connectivity index (χ0n) is 6.89. The highest BCUT2D eigenvalue weighted by molar-refractivity contribution is 5.06. The van der Waals surface area contributed by atoms with Crippen molar-refractivity contribution >= 4 is 0 Å². The number of hydrogen-bond acceptors (Lipinski definition) is 1. The molecule has 10 heavy (non-hydrogen) atoms. The van der Waals surface area contributed by atoms with E-state index in [0.29, 0.717) is 11.7 Å². The molecule has 0 aromatic rings. The minimum atomic E-state index is 0.359. The van der Waals surface area contributed by atoms with Crippen LogP contribution in [0, 0.1) is 5.92 Å². The van der Waals surface area contributed by atoms with Gasteiger partial charge in [0.15, 0.2) is 0 Å². The van der Waals surface area contributed by atoms with Crippen molar-refractivity contribution in [2.24, 2.45) is 5.92 Å². The van der Waals surface area contributed by atoms with Crippen LogP contribution in [0.4, 0.5) is 0 Å². The van der Waals surface area contributed by atoms with Crippen molar-refractivity contribution in [3.8, 4) is 0 Å². The van der Waals surface area contributed by atoms with E-state index >= 15 is 0 Å². The summed E-state index contributed by atoms with van der Waals surface area (Å²) in [7, 11) is 0. The molecule has 58 valence electrons. The lowest BCUT2D eigenvalue weighted by Gasteiger charge is -2.19. The SMILES string of the molecule is CCC12CCCC(C)C1O2. The van der Waals surface area contributed by atoms with Gasteiger partial charge in [0.2, 0.25) is 0 Å². The van der Waals surface area contributed by atoms with Gasteiger partial charge in [-0.1, -0.05) is 20.3 Å². The molecule has 1 aliphatic heterocycles. The van der Waals surface area contributed by atoms with Gasteiger partial charge in [-0.3, -0.25) is 0 Å². The molecule has 1 nitrogen and oxygen atoms in total. The van der Waals surface area contributed by atoms with Crippen LogP contribution in [0.2, 0.25) is 0 Å². The number of epoxide rings is 1. The summed E-state index contributed by atoms with van der Waals surface area (Å²) in [6, 6.07) is 0. The zero-order chi connectivity index (χ0) is 7.19. The van der Waals surface area contributed by atoms with Gasteiger partial charge in [-0.2, -0.15) is 0 Å². The van der Waals surface area contributed by atoms with E-state index in [9.17, 15) is 0 Å². The van der Waals surface area contributed by atoms with Gasteiger partial charge in [-0.05, 0) is 25.2 Å². The number of hydrogen-bond donors (Lipinski definition) is 0. The molecule has 0 amide bonds. The maximum absolute atomic E-state index is 5.73. The fraction of sp³-hybridized carbons (Fsp3) is 1.00. The van der Waals surface area contributed by atoms with Crippen LogP contribution in [-0.4, -0.2) is 11.7 Å². The maximum Gasteiger partial charge on any atom is 0.0948 e. The highest BCUT2D eigenvalue weighted by Crippen LogP contribution is 2.52. The lowest BCUT2D eigenvalue weighted by Crippen LogP contribution is -2.23. The summed E-state index contributed by atoms with van der Waals surface area (Å²) in [5.41, 5.74) is 0.359. The summed E-state index contributed by atoms with van der Waals surface area (Å²) in [5.74, 6) is 0.827. The first-order valence-electron chi connectivity index (χ1n) is 4.46. The fourth-order valence-electron chi connectivity index (χ4n) is 2.39. The summed E-state index contributed by atoms with van der Waals surface area (Å²) in [6.45, 7) is 4.57. The summed E-state index contributed by atoms with van der Waals surface area (Å²) in [4.78, 5) is 0. The molecule has 2 rings (SSSR count). The lowest BCUT2D eigenvalue weighted by atomic mass is 9.81. The Hall–Kier alpha value is -0.0400. The highest BCUT2D eigenvalue weighted by Gasteiger charge is 2.58. The van der Waals surface area contributed by atoms with Gasteiger partial charge in [0.25, 0.3) is 0 Å². The standard InChI is InChI=1S/C9H16O/c1-3-9-6-4-5-7(2)8(9)10-9/h7-8H,3-6H2,1-2H3. The van der Waals surface area contributed by atoms with Gasteiger partial charge >= 0.3 is 0 Å². The largest absolute Gasteiger partial charge is 0.366 e. The molecule has 0 N–H and O–H groups in total. The third kappa shape index (κ3) is 0.731. The van der Waals surface area contributed by atoms with Crippen molar-refractivity contribution in [3.05, 3.63) is 0 Å². The third-order valence-corrected chi connectivity index (χ3v) is 3.20. The van der Waals surface area contributed by atoms with Crippen molar-refractivity contribution in [1.29, 1.82) is 0 Å². The molecule has 1 heteroatoms. The molecule has 0 aromatic heterocycles. The van der Waals surface area contributed by atoms with Gasteiger partial charge in [-0.25, -0.2) is 0 Å². The molecule has 3 unspecified atom stereocenters. The molecule has 1 saturated heterocycles. The van der Waals surface area contributed by atoms with Gasteiger partial charge in [0, 0.05) is 0 Å². The molecule has 0 radical (unpaired) electrons. The van der Waals surface area contributed by atoms with E-state index in [1.165, 1.54) is 25.7 Å². The minimum Gasteiger partial charge on any atom is -0.366 e. The van der Waals surface area contributed by atoms with Gasteiger partial charge in [0.05, 0.1) is 11.7 Å². The lowest BCUT2D eigenvalue weighted by molar-refractivity contribution is 0.278. The minimum absolute atomic E-state index is 0.359. The van der Waals surface area contributed by atoms with E-state index in [-0.39, 0.29) is 0 Å². The monoisotopic (exact) mass is 140 g/mol. The second kappa shape index (κ2) is 1.97. The first-order chi connectivity index (χ1) is 4.78. The van der Waals surface area contributed by atoms with Crippen LogP contribution in [0.15, 0.2) is 0 Å². The van der Waals surface area contributed by atoms with Crippen molar-refractivity contribution in [3.63, 3.8) is 0 Å². The molecule has 0 spiro atoms. The first kappa shape index (κ1) is 6.66. The third-order valence-electron chi connectivity index (χ3n) is 3.20. The van der Waals surface area contributed by atoms with Crippen LogP contribution in [0.1, 0.15) is 39.5 Å². The Morgan fingerprint density at radius 1 is 1.60 bits per heavy atom. The average molecular weight is 140 g/mol. The number of fused-ring (bicyclic) bond motifs is 1. The van der Waals surface area contributed by atoms with Crippen molar-refractivity contribution in [1.82, 2.24) is 0 Å². The molecule has 0 bridgehead atoms. The Labute approximate surface area is 62.8 Å². The molecule has 1 saturated carbocycles. The van der Waals surface area contributed by atoms with Crippen molar-refractivity contribution in [2.75, 3.05) is 0 Å². The van der Waals surface area contributed by atoms with E-state index in [0.717, 1.165) is 5.92 Å². The van der Waals surface area contributed by atoms with Crippen LogP contribution in [-0.2, 0) is 4.74 Å². The van der Waals surface area contributed by atoms with E-state index in [1.54, 1.807) is 0 Å². The van der Waals surface area contributed by atoms with E-state index in [2.05, 4.69) is 13.8 Å². The Bertz CT molecular complexity index is 144. The molecule has 2 aliphatic rings. The smallest absolute Gasteiger partial charge is 0.0948 e. The van der Waals surface area contributed by atoms with Crippen LogP contribution < -0.4 is 0 Å². The Balaban J connectivity index is 2.05. The summed E-state index contributed by atoms with van der Waals surface area (Å²) < 4.78 is 5.73. The van der Waals surface area contributed by atoms with Crippen LogP contribution in [0.3, 0.4) is 0 Å². The molecule has 1 heterocycles. The quantitative estimate of drug-likeness (QED) is 0.509. The molecular weight excluding hydrogens is 124 g/mol. The topological polar surface area (TPSA) is 12.5 Å². The van der Waals surface area contributed by atoms with Gasteiger partial charge in [-0.15, -0.1) is 0 Å². The maximum atomic E-state index is 5.73. The summed E-state index contributed by atoms with van der Waals surface area (Å²) in [5, 5.41) is 0. The van der Waals surface area contributed by atoms with Crippen LogP contribution in [0.5, 0.6) is 0 Å². The number of rotatable bonds is 1. The first-order valence-corrected chi connectivity index (χ1v) is 4.46. The van der Waals surface area contributed by atoms with Gasteiger partial charge < -0.3 is 4.74 Å². The van der Waals surface area contributed by atoms with E-state index in [4.69, 9.17) is 4.74 Å². The predicted octanol–water partition coefficient (Wildman–Crippen LogP) is 2.35. The van der Waals surface area contributed by atoms with E-state index < -0.39 is 0 Å². The fourth-order valence-corrected chi connectivity index (χ4v) is 2.39. The Morgan fingerprint density at radius 3 is 3.00 bits per heavy atom. The summed E-state index contributed by atoms with van der Waals surface area (Å²) >= 11 is 0. The highest BCUT2D eigenvalue weighted by atomic mass is 16.6. The molecular formula is C9H16O. The van der Waals surface area contributed by atoms with Crippen molar-refractivity contribution in [2.45, 2.75) is 51.2 Å². The van der Waals surface area contributed by atoms with Crippen LogP contribution >= 0.6 is 0 Å². The molecule has 0 aromatic carbocycles. The summed E-state index contributed by atoms with van der Waals surface area (Å²) in [6.07, 6.45) is 5.93. The van der Waals surface area contributed by atoms with Crippen LogP contribution in [0.25, 0.3) is 0 Å². The van der Waals surface area contributed by atoms with E-state index in [1.807, 2.05) is 0 Å². The Kier molecular flexibility index (Phi) is 1.31. The zero-order valence-corrected chi connectivity index (χ0v) is 6.89. The second-order valence-corrected chi connectivity index (χ2v) is 3.83. The normalized spacial score (nSPS) is 52.2. The molecule has 1 aliphatic carbocycles. The molecule has 2 fully saturated rings. The Morgan fingerprint density at radius 2 is 2.40 bits per heavy atom. The van der Waals surface area contributed by atoms with Crippen molar-refractivity contribution < 1.29 is 4.74 Å². The molecule has 3 atom stereocenters. The second-order valence-electron chi connectivity index (χ2n) is 3.83. The number of ether oxygens (including phenoxy) is 1. The van der Waals surface area contributed by atoms with Gasteiger partial charge in [0.1, 0.15) is 0 Å².